The van der Waals surface area contributed by atoms with Crippen LogP contribution in [0.1, 0.15) is 19.8 Å². The Kier molecular flexibility index (Phi) is 5.48. The first-order chi connectivity index (χ1) is 13.2. The molecule has 1 aromatic carbocycles. The highest BCUT2D eigenvalue weighted by molar-refractivity contribution is 5.96. The van der Waals surface area contributed by atoms with E-state index < -0.39 is 18.0 Å². The number of nitrogens with one attached hydrogen (secondary N) is 1. The number of carbonyl (C=O) groups excluding carboxylic acids is 3. The van der Waals surface area contributed by atoms with E-state index in [9.17, 15) is 27.6 Å². The van der Waals surface area contributed by atoms with E-state index in [1.165, 1.54) is 6.92 Å². The Bertz CT molecular complexity index is 789. The molecule has 7 nitrogen and oxygen atoms in total. The minimum Gasteiger partial charge on any atom is -0.489 e. The molecule has 1 saturated heterocycles. The molecule has 0 saturated carbocycles. The van der Waals surface area contributed by atoms with Crippen LogP contribution in [0.3, 0.4) is 0 Å². The third-order valence-corrected chi connectivity index (χ3v) is 4.87. The average Bonchev–Trinajstić information content (AvgIpc) is 2.66. The summed E-state index contributed by atoms with van der Waals surface area (Å²) in [5.74, 6) is -2.30. The van der Waals surface area contributed by atoms with Gasteiger partial charge < -0.3 is 19.9 Å². The molecule has 28 heavy (non-hydrogen) atoms. The molecule has 1 N–H and O–H groups in total. The molecule has 0 aliphatic carbocycles. The molecule has 2 aliphatic heterocycles. The third-order valence-electron chi connectivity index (χ3n) is 4.87. The summed E-state index contributed by atoms with van der Waals surface area (Å²) < 4.78 is 43.0. The second kappa shape index (κ2) is 7.69. The van der Waals surface area contributed by atoms with Crippen LogP contribution >= 0.6 is 0 Å². The van der Waals surface area contributed by atoms with E-state index in [0.717, 1.165) is 4.90 Å². The lowest BCUT2D eigenvalue weighted by Crippen LogP contribution is -2.46. The first kappa shape index (κ1) is 20.0. The molecule has 0 unspecified atom stereocenters. The van der Waals surface area contributed by atoms with Crippen LogP contribution in [0.2, 0.25) is 0 Å². The molecule has 0 bridgehead atoms. The van der Waals surface area contributed by atoms with E-state index in [2.05, 4.69) is 5.32 Å². The summed E-state index contributed by atoms with van der Waals surface area (Å²) in [5.41, 5.74) is 1.10. The maximum Gasteiger partial charge on any atom is 0.471 e. The molecule has 0 aromatic heterocycles. The van der Waals surface area contributed by atoms with Crippen LogP contribution in [0.25, 0.3) is 0 Å². The SMILES string of the molecule is CC(=O)N1CCOc2cc(NC(=O)C3CCN(C(=O)C(F)(F)F)CC3)ccc21. The van der Waals surface area contributed by atoms with Crippen molar-refractivity contribution in [3.8, 4) is 5.75 Å². The summed E-state index contributed by atoms with van der Waals surface area (Å²) in [4.78, 5) is 37.7. The fourth-order valence-electron chi connectivity index (χ4n) is 3.39. The Labute approximate surface area is 159 Å². The summed E-state index contributed by atoms with van der Waals surface area (Å²) in [6, 6.07) is 4.93. The van der Waals surface area contributed by atoms with Crippen LogP contribution in [0.15, 0.2) is 18.2 Å². The van der Waals surface area contributed by atoms with Crippen LogP contribution < -0.4 is 15.0 Å². The number of rotatable bonds is 2. The second-order valence-electron chi connectivity index (χ2n) is 6.76. The van der Waals surface area contributed by atoms with E-state index in [4.69, 9.17) is 4.74 Å². The van der Waals surface area contributed by atoms with Crippen molar-refractivity contribution >= 4 is 29.1 Å². The van der Waals surface area contributed by atoms with Gasteiger partial charge in [0.15, 0.2) is 0 Å². The Morgan fingerprint density at radius 1 is 1.14 bits per heavy atom. The zero-order chi connectivity index (χ0) is 20.5. The smallest absolute Gasteiger partial charge is 0.471 e. The monoisotopic (exact) mass is 399 g/mol. The van der Waals surface area contributed by atoms with Gasteiger partial charge in [-0.15, -0.1) is 0 Å². The standard InChI is InChI=1S/C18H20F3N3O4/c1-11(25)24-8-9-28-15-10-13(2-3-14(15)24)22-16(26)12-4-6-23(7-5-12)17(27)18(19,20)21/h2-3,10,12H,4-9H2,1H3,(H,22,26). The lowest BCUT2D eigenvalue weighted by Gasteiger charge is -2.32. The molecule has 152 valence electrons. The van der Waals surface area contributed by atoms with Gasteiger partial charge in [0.25, 0.3) is 0 Å². The molecule has 1 aromatic rings. The van der Waals surface area contributed by atoms with E-state index in [1.54, 1.807) is 23.1 Å². The first-order valence-electron chi connectivity index (χ1n) is 8.88. The number of carbonyl (C=O) groups is 3. The van der Waals surface area contributed by atoms with Crippen molar-refractivity contribution in [3.63, 3.8) is 0 Å². The van der Waals surface area contributed by atoms with Crippen LogP contribution in [0.5, 0.6) is 5.75 Å². The van der Waals surface area contributed by atoms with Gasteiger partial charge in [0.2, 0.25) is 11.8 Å². The number of ether oxygens (including phenoxy) is 1. The van der Waals surface area contributed by atoms with E-state index >= 15 is 0 Å². The Hall–Kier alpha value is -2.78. The number of alkyl halides is 3. The number of hydrogen-bond donors (Lipinski definition) is 1. The highest BCUT2D eigenvalue weighted by Gasteiger charge is 2.43. The molecular weight excluding hydrogens is 379 g/mol. The number of piperidine rings is 1. The topological polar surface area (TPSA) is 79.0 Å². The number of fused-ring (bicyclic) bond motifs is 1. The van der Waals surface area contributed by atoms with Crippen molar-refractivity contribution in [3.05, 3.63) is 18.2 Å². The third kappa shape index (κ3) is 4.20. The number of likely N-dealkylation sites (tertiary alicyclic amines) is 1. The zero-order valence-electron chi connectivity index (χ0n) is 15.2. The van der Waals surface area contributed by atoms with E-state index in [-0.39, 0.29) is 37.7 Å². The van der Waals surface area contributed by atoms with E-state index in [1.807, 2.05) is 0 Å². The lowest BCUT2D eigenvalue weighted by atomic mass is 9.95. The van der Waals surface area contributed by atoms with Gasteiger partial charge in [-0.25, -0.2) is 0 Å². The van der Waals surface area contributed by atoms with Gasteiger partial charge in [0, 0.05) is 37.7 Å². The largest absolute Gasteiger partial charge is 0.489 e. The maximum absolute atomic E-state index is 12.5. The molecular formula is C18H20F3N3O4. The Morgan fingerprint density at radius 3 is 2.43 bits per heavy atom. The van der Waals surface area contributed by atoms with Gasteiger partial charge in [-0.2, -0.15) is 13.2 Å². The number of amides is 3. The Balaban J connectivity index is 1.60. The minimum atomic E-state index is -4.90. The predicted octanol–water partition coefficient (Wildman–Crippen LogP) is 2.17. The zero-order valence-corrected chi connectivity index (χ0v) is 15.2. The molecule has 0 atom stereocenters. The first-order valence-corrected chi connectivity index (χ1v) is 8.88. The molecule has 2 heterocycles. The van der Waals surface area contributed by atoms with Crippen molar-refractivity contribution in [1.82, 2.24) is 4.90 Å². The normalized spacial score (nSPS) is 17.6. The number of halogens is 3. The number of anilines is 2. The van der Waals surface area contributed by atoms with Gasteiger partial charge in [-0.05, 0) is 25.0 Å². The maximum atomic E-state index is 12.5. The highest BCUT2D eigenvalue weighted by Crippen LogP contribution is 2.34. The van der Waals surface area contributed by atoms with Crippen molar-refractivity contribution in [2.24, 2.45) is 5.92 Å². The van der Waals surface area contributed by atoms with Gasteiger partial charge in [0.1, 0.15) is 12.4 Å². The van der Waals surface area contributed by atoms with Gasteiger partial charge in [-0.3, -0.25) is 14.4 Å². The summed E-state index contributed by atoms with van der Waals surface area (Å²) in [6.45, 7) is 2.02. The van der Waals surface area contributed by atoms with Crippen molar-refractivity contribution in [2.75, 3.05) is 36.5 Å². The molecule has 3 amide bonds. The summed E-state index contributed by atoms with van der Waals surface area (Å²) in [7, 11) is 0. The molecule has 0 radical (unpaired) electrons. The fraction of sp³-hybridized carbons (Fsp3) is 0.500. The predicted molar refractivity (Wildman–Crippen MR) is 94.0 cm³/mol. The van der Waals surface area contributed by atoms with Gasteiger partial charge in [0.05, 0.1) is 12.2 Å². The van der Waals surface area contributed by atoms with Gasteiger partial charge in [-0.1, -0.05) is 0 Å². The van der Waals surface area contributed by atoms with Crippen LogP contribution in [-0.4, -0.2) is 55.0 Å². The second-order valence-corrected chi connectivity index (χ2v) is 6.76. The van der Waals surface area contributed by atoms with Crippen molar-refractivity contribution in [1.29, 1.82) is 0 Å². The fourth-order valence-corrected chi connectivity index (χ4v) is 3.39. The number of nitrogens with zero attached hydrogens (tertiary/aromatic N) is 2. The summed E-state index contributed by atoms with van der Waals surface area (Å²) >= 11 is 0. The molecule has 1 fully saturated rings. The van der Waals surface area contributed by atoms with Gasteiger partial charge >= 0.3 is 12.1 Å². The lowest BCUT2D eigenvalue weighted by molar-refractivity contribution is -0.186. The minimum absolute atomic E-state index is 0.110. The highest BCUT2D eigenvalue weighted by atomic mass is 19.4. The van der Waals surface area contributed by atoms with Crippen LogP contribution in [-0.2, 0) is 14.4 Å². The quantitative estimate of drug-likeness (QED) is 0.827. The molecule has 2 aliphatic rings. The van der Waals surface area contributed by atoms with Crippen LogP contribution in [0.4, 0.5) is 24.5 Å². The van der Waals surface area contributed by atoms with Crippen molar-refractivity contribution < 1.29 is 32.3 Å². The van der Waals surface area contributed by atoms with E-state index in [0.29, 0.717) is 30.3 Å². The van der Waals surface area contributed by atoms with Crippen molar-refractivity contribution in [2.45, 2.75) is 25.9 Å². The summed E-state index contributed by atoms with van der Waals surface area (Å²) in [5, 5.41) is 2.73. The Morgan fingerprint density at radius 2 is 1.82 bits per heavy atom. The number of benzene rings is 1. The number of hydrogen-bond acceptors (Lipinski definition) is 4. The summed E-state index contributed by atoms with van der Waals surface area (Å²) in [6.07, 6.45) is -4.58. The molecule has 10 heteroatoms. The molecule has 3 rings (SSSR count). The van der Waals surface area contributed by atoms with Crippen LogP contribution in [0, 0.1) is 5.92 Å². The molecule has 0 spiro atoms. The average molecular weight is 399 g/mol.